The molecule has 0 aliphatic carbocycles. The molecule has 0 amide bonds. The van der Waals surface area contributed by atoms with E-state index in [2.05, 4.69) is 25.3 Å². The molecule has 0 saturated heterocycles. The molecule has 9 nitrogen and oxygen atoms in total. The van der Waals surface area contributed by atoms with Gasteiger partial charge in [0.25, 0.3) is 0 Å². The minimum Gasteiger partial charge on any atom is -0.478 e. The zero-order valence-corrected chi connectivity index (χ0v) is 17.3. The van der Waals surface area contributed by atoms with Crippen molar-refractivity contribution in [3.63, 3.8) is 0 Å². The topological polar surface area (TPSA) is 138 Å². The Kier molecular flexibility index (Phi) is 5.65. The van der Waals surface area contributed by atoms with Gasteiger partial charge in [-0.1, -0.05) is 13.8 Å². The number of carboxylic acids is 1. The maximum absolute atomic E-state index is 13.2. The molecule has 3 rings (SSSR count). The van der Waals surface area contributed by atoms with Crippen LogP contribution >= 0.6 is 0 Å². The summed E-state index contributed by atoms with van der Waals surface area (Å²) in [5, 5.41) is 11.7. The lowest BCUT2D eigenvalue weighted by Crippen LogP contribution is -2.22. The zero-order valence-electron chi connectivity index (χ0n) is 16.5. The first kappa shape index (κ1) is 22.5. The summed E-state index contributed by atoms with van der Waals surface area (Å²) in [5.74, 6) is -2.09. The highest BCUT2D eigenvalue weighted by molar-refractivity contribution is 7.90. The van der Waals surface area contributed by atoms with Gasteiger partial charge in [0.1, 0.15) is 11.4 Å². The van der Waals surface area contributed by atoms with Crippen LogP contribution in [0.15, 0.2) is 29.3 Å². The van der Waals surface area contributed by atoms with Gasteiger partial charge >= 0.3 is 12.1 Å². The molecule has 3 N–H and O–H groups in total. The molecule has 3 aromatic rings. The molecule has 2 heterocycles. The van der Waals surface area contributed by atoms with Crippen molar-refractivity contribution in [3.05, 3.63) is 41.5 Å². The van der Waals surface area contributed by atoms with Gasteiger partial charge < -0.3 is 15.4 Å². The molecule has 0 saturated carbocycles. The van der Waals surface area contributed by atoms with Crippen LogP contribution in [0.1, 0.15) is 41.8 Å². The third kappa shape index (κ3) is 4.76. The Morgan fingerprint density at radius 2 is 1.90 bits per heavy atom. The van der Waals surface area contributed by atoms with Crippen molar-refractivity contribution >= 4 is 32.8 Å². The number of nitrogens with zero attached hydrogens (tertiary/aromatic N) is 3. The van der Waals surface area contributed by atoms with E-state index in [0.29, 0.717) is 23.1 Å². The van der Waals surface area contributed by atoms with Crippen molar-refractivity contribution in [3.8, 4) is 0 Å². The van der Waals surface area contributed by atoms with Crippen LogP contribution in [0.2, 0.25) is 0 Å². The predicted octanol–water partition coefficient (Wildman–Crippen LogP) is 3.28. The maximum Gasteiger partial charge on any atom is 0.434 e. The number of aromatic nitrogens is 4. The van der Waals surface area contributed by atoms with Crippen LogP contribution in [0.5, 0.6) is 0 Å². The van der Waals surface area contributed by atoms with E-state index >= 15 is 0 Å². The number of sulfone groups is 1. The zero-order chi connectivity index (χ0) is 23.1. The third-order valence-electron chi connectivity index (χ3n) is 4.43. The van der Waals surface area contributed by atoms with E-state index in [1.807, 2.05) is 0 Å². The smallest absolute Gasteiger partial charge is 0.434 e. The number of halogens is 3. The van der Waals surface area contributed by atoms with Crippen molar-refractivity contribution in [2.75, 3.05) is 11.6 Å². The fourth-order valence-corrected chi connectivity index (χ4v) is 3.55. The highest BCUT2D eigenvalue weighted by atomic mass is 32.2. The van der Waals surface area contributed by atoms with Crippen molar-refractivity contribution < 1.29 is 31.5 Å². The molecule has 0 fully saturated rings. The van der Waals surface area contributed by atoms with E-state index in [-0.39, 0.29) is 10.8 Å². The predicted molar refractivity (Wildman–Crippen MR) is 104 cm³/mol. The lowest BCUT2D eigenvalue weighted by molar-refractivity contribution is -0.141. The van der Waals surface area contributed by atoms with Gasteiger partial charge in [0.2, 0.25) is 5.95 Å². The summed E-state index contributed by atoms with van der Waals surface area (Å²) < 4.78 is 63.2. The van der Waals surface area contributed by atoms with Crippen molar-refractivity contribution in [2.45, 2.75) is 31.0 Å². The molecule has 0 bridgehead atoms. The van der Waals surface area contributed by atoms with Crippen LogP contribution in [0.4, 0.5) is 19.1 Å². The summed E-state index contributed by atoms with van der Waals surface area (Å²) in [6.07, 6.45) is -3.32. The molecule has 13 heteroatoms. The Labute approximate surface area is 174 Å². The van der Waals surface area contributed by atoms with E-state index in [9.17, 15) is 26.4 Å². The highest BCUT2D eigenvalue weighted by Crippen LogP contribution is 2.32. The van der Waals surface area contributed by atoms with E-state index in [4.69, 9.17) is 5.11 Å². The number of benzene rings is 1. The number of anilines is 1. The van der Waals surface area contributed by atoms with Crippen LogP contribution in [-0.4, -0.2) is 45.7 Å². The van der Waals surface area contributed by atoms with Crippen molar-refractivity contribution in [1.29, 1.82) is 0 Å². The number of nitrogens with one attached hydrogen (secondary N) is 2. The average molecular weight is 457 g/mol. The normalized spacial score (nSPS) is 13.5. The lowest BCUT2D eigenvalue weighted by Gasteiger charge is -2.21. The maximum atomic E-state index is 13.2. The Morgan fingerprint density at radius 3 is 2.45 bits per heavy atom. The van der Waals surface area contributed by atoms with Gasteiger partial charge in [-0.15, -0.1) is 0 Å². The summed E-state index contributed by atoms with van der Waals surface area (Å²) in [6.45, 7) is 3.56. The number of H-pyrrole nitrogens is 1. The Bertz CT molecular complexity index is 1250. The van der Waals surface area contributed by atoms with Crippen LogP contribution in [0.3, 0.4) is 0 Å². The molecule has 0 aliphatic heterocycles. The second-order valence-corrected chi connectivity index (χ2v) is 9.21. The number of hydrogen-bond donors (Lipinski definition) is 3. The molecule has 0 radical (unpaired) electrons. The number of aromatic amines is 1. The molecule has 1 unspecified atom stereocenters. The molecule has 1 aromatic carbocycles. The molecule has 166 valence electrons. The summed E-state index contributed by atoms with van der Waals surface area (Å²) >= 11 is 0. The fourth-order valence-electron chi connectivity index (χ4n) is 2.90. The molecular formula is C18H18F3N5O4S. The first-order chi connectivity index (χ1) is 14.3. The van der Waals surface area contributed by atoms with Gasteiger partial charge in [-0.3, -0.25) is 0 Å². The molecule has 0 aliphatic rings. The molecule has 1 atom stereocenters. The standard InChI is InChI=1S/C18H18F3N5O4S/c1-8(2)13(15-23-11-5-4-9(31(3,29)30)6-12(11)24-15)25-17-22-7-10(16(27)28)14(26-17)18(19,20)21/h4-8,13H,1-3H3,(H,23,24)(H,27,28)(H,22,25,26). The van der Waals surface area contributed by atoms with Gasteiger partial charge in [-0.05, 0) is 24.1 Å². The summed E-state index contributed by atoms with van der Waals surface area (Å²) in [5.41, 5.74) is -1.73. The van der Waals surface area contributed by atoms with Crippen molar-refractivity contribution in [2.24, 2.45) is 5.92 Å². The SMILES string of the molecule is CC(C)C(Nc1ncc(C(=O)O)c(C(F)(F)F)n1)c1nc2ccc(S(C)(=O)=O)cc2[nH]1. The number of alkyl halides is 3. The third-order valence-corrected chi connectivity index (χ3v) is 5.54. The van der Waals surface area contributed by atoms with Gasteiger partial charge in [0.05, 0.1) is 22.0 Å². The summed E-state index contributed by atoms with van der Waals surface area (Å²) in [6, 6.07) is 3.66. The van der Waals surface area contributed by atoms with Gasteiger partial charge in [0.15, 0.2) is 15.5 Å². The minimum atomic E-state index is -4.98. The van der Waals surface area contributed by atoms with E-state index < -0.39 is 45.2 Å². The molecular weight excluding hydrogens is 439 g/mol. The number of imidazole rings is 1. The van der Waals surface area contributed by atoms with Crippen molar-refractivity contribution in [1.82, 2.24) is 19.9 Å². The summed E-state index contributed by atoms with van der Waals surface area (Å²) in [7, 11) is -3.44. The molecule has 0 spiro atoms. The van der Waals surface area contributed by atoms with Crippen LogP contribution in [0, 0.1) is 5.92 Å². The van der Waals surface area contributed by atoms with E-state index in [0.717, 1.165) is 6.26 Å². The van der Waals surface area contributed by atoms with Gasteiger partial charge in [-0.25, -0.2) is 28.2 Å². The Balaban J connectivity index is 2.01. The first-order valence-corrected chi connectivity index (χ1v) is 10.8. The average Bonchev–Trinajstić information content (AvgIpc) is 3.06. The van der Waals surface area contributed by atoms with Gasteiger partial charge in [-0.2, -0.15) is 13.2 Å². The highest BCUT2D eigenvalue weighted by Gasteiger charge is 2.38. The fraction of sp³-hybridized carbons (Fsp3) is 0.333. The molecule has 31 heavy (non-hydrogen) atoms. The van der Waals surface area contributed by atoms with E-state index in [1.165, 1.54) is 18.2 Å². The minimum absolute atomic E-state index is 0.0895. The number of fused-ring (bicyclic) bond motifs is 1. The van der Waals surface area contributed by atoms with Crippen LogP contribution in [-0.2, 0) is 16.0 Å². The van der Waals surface area contributed by atoms with Crippen LogP contribution in [0.25, 0.3) is 11.0 Å². The first-order valence-electron chi connectivity index (χ1n) is 8.91. The quantitative estimate of drug-likeness (QED) is 0.513. The second kappa shape index (κ2) is 7.80. The molecule has 2 aromatic heterocycles. The number of carboxylic acid groups (broad SMARTS) is 1. The van der Waals surface area contributed by atoms with Crippen LogP contribution < -0.4 is 5.32 Å². The van der Waals surface area contributed by atoms with Gasteiger partial charge in [0, 0.05) is 12.5 Å². The Hall–Kier alpha value is -3.22. The second-order valence-electron chi connectivity index (χ2n) is 7.20. The largest absolute Gasteiger partial charge is 0.478 e. The summed E-state index contributed by atoms with van der Waals surface area (Å²) in [4.78, 5) is 25.6. The number of carbonyl (C=O) groups is 1. The number of rotatable bonds is 6. The Morgan fingerprint density at radius 1 is 1.23 bits per heavy atom. The number of aromatic carboxylic acids is 1. The monoisotopic (exact) mass is 457 g/mol. The van der Waals surface area contributed by atoms with E-state index in [1.54, 1.807) is 13.8 Å². The lowest BCUT2D eigenvalue weighted by atomic mass is 10.0. The number of hydrogen-bond acceptors (Lipinski definition) is 7.